The summed E-state index contributed by atoms with van der Waals surface area (Å²) in [5.41, 5.74) is 13.5. The first-order chi connectivity index (χ1) is 22.1. The average molecular weight is 606 g/mol. The van der Waals surface area contributed by atoms with E-state index in [2.05, 4.69) is 48.0 Å². The molecule has 7 N–H and O–H groups in total. The van der Waals surface area contributed by atoms with Gasteiger partial charge < -0.3 is 21.8 Å². The van der Waals surface area contributed by atoms with Gasteiger partial charge in [0.2, 0.25) is 5.82 Å². The van der Waals surface area contributed by atoms with Crippen LogP contribution >= 0.6 is 0 Å². The molecule has 0 bridgehead atoms. The first-order valence-electron chi connectivity index (χ1n) is 14.4. The summed E-state index contributed by atoms with van der Waals surface area (Å²) in [7, 11) is 0. The van der Waals surface area contributed by atoms with Crippen LogP contribution in [0.15, 0.2) is 73.2 Å². The van der Waals surface area contributed by atoms with E-state index in [1.54, 1.807) is 24.5 Å². The summed E-state index contributed by atoms with van der Waals surface area (Å²) in [6, 6.07) is 19.6. The van der Waals surface area contributed by atoms with E-state index in [9.17, 15) is 4.39 Å². The van der Waals surface area contributed by atoms with Crippen LogP contribution < -0.4 is 27.6 Å². The number of nitrogens with two attached hydrogens (primary N) is 2. The molecular weight excluding hydrogens is 573 g/mol. The molecule has 0 atom stereocenters. The summed E-state index contributed by atoms with van der Waals surface area (Å²) in [6.07, 6.45) is 6.60. The number of nitrogens with zero attached hydrogens (tertiary/aromatic N) is 8. The van der Waals surface area contributed by atoms with Crippen LogP contribution in [0.4, 0.5) is 16.0 Å². The van der Waals surface area contributed by atoms with Crippen molar-refractivity contribution >= 4 is 28.5 Å². The van der Waals surface area contributed by atoms with E-state index in [1.807, 2.05) is 41.0 Å². The van der Waals surface area contributed by atoms with Crippen molar-refractivity contribution < 1.29 is 4.39 Å². The SMILES string of the molecule is N#Cc1nccc(NC2CCN(Cc3ccc(-n4c(-c5cccnc5N)nc5ccc(/C(=C/NN)NCF)nc54)cc3)CC2)n1. The van der Waals surface area contributed by atoms with Gasteiger partial charge in [0.1, 0.15) is 23.2 Å². The highest BCUT2D eigenvalue weighted by atomic mass is 19.1. The number of hydrogen-bond acceptors (Lipinski definition) is 12. The number of piperidine rings is 1. The number of hydrazine groups is 1. The largest absolute Gasteiger partial charge is 0.383 e. The summed E-state index contributed by atoms with van der Waals surface area (Å²) in [6.45, 7) is 1.88. The van der Waals surface area contributed by atoms with E-state index in [-0.39, 0.29) is 11.9 Å². The normalized spacial score (nSPS) is 14.3. The van der Waals surface area contributed by atoms with E-state index in [4.69, 9.17) is 26.8 Å². The molecule has 5 aromatic rings. The molecule has 0 radical (unpaired) electrons. The lowest BCUT2D eigenvalue weighted by molar-refractivity contribution is 0.211. The first-order valence-corrected chi connectivity index (χ1v) is 14.4. The molecule has 1 aromatic carbocycles. The lowest BCUT2D eigenvalue weighted by Crippen LogP contribution is -2.38. The van der Waals surface area contributed by atoms with Crippen molar-refractivity contribution in [3.63, 3.8) is 0 Å². The Morgan fingerprint density at radius 1 is 1.02 bits per heavy atom. The molecular formula is C31H32FN13. The summed E-state index contributed by atoms with van der Waals surface area (Å²) >= 11 is 0. The topological polar surface area (TPSA) is 185 Å². The summed E-state index contributed by atoms with van der Waals surface area (Å²) in [4.78, 5) is 24.6. The molecule has 6 rings (SSSR count). The van der Waals surface area contributed by atoms with Crippen molar-refractivity contribution in [3.8, 4) is 23.1 Å². The number of pyridine rings is 2. The number of fused-ring (bicyclic) bond motifs is 1. The van der Waals surface area contributed by atoms with Crippen LogP contribution in [0.1, 0.15) is 29.9 Å². The zero-order chi connectivity index (χ0) is 31.2. The predicted octanol–water partition coefficient (Wildman–Crippen LogP) is 3.08. The molecule has 0 amide bonds. The third-order valence-corrected chi connectivity index (χ3v) is 7.64. The van der Waals surface area contributed by atoms with Crippen LogP contribution in [0, 0.1) is 11.3 Å². The second-order valence-corrected chi connectivity index (χ2v) is 10.5. The smallest absolute Gasteiger partial charge is 0.234 e. The van der Waals surface area contributed by atoms with Gasteiger partial charge in [-0.1, -0.05) is 12.1 Å². The Bertz CT molecular complexity index is 1850. The number of anilines is 2. The molecule has 4 aromatic heterocycles. The van der Waals surface area contributed by atoms with Crippen molar-refractivity contribution in [3.05, 3.63) is 90.3 Å². The third-order valence-electron chi connectivity index (χ3n) is 7.64. The van der Waals surface area contributed by atoms with Crippen molar-refractivity contribution in [1.29, 1.82) is 5.26 Å². The fraction of sp³-hybridized carbons (Fsp3) is 0.226. The maximum Gasteiger partial charge on any atom is 0.234 e. The Hall–Kier alpha value is -5.65. The van der Waals surface area contributed by atoms with Crippen LogP contribution in [-0.4, -0.2) is 60.3 Å². The number of aromatic nitrogens is 6. The van der Waals surface area contributed by atoms with Gasteiger partial charge in [-0.25, -0.2) is 29.3 Å². The molecule has 0 spiro atoms. The highest BCUT2D eigenvalue weighted by Gasteiger charge is 2.21. The standard InChI is InChI=1S/C31H32FN13/c32-19-38-26(17-39-35)24-7-8-25-31(41-24)45(30(42-25)23-2-1-12-37-29(23)34)22-5-3-20(4-6-22)18-44-14-10-21(11-15-44)40-27-9-13-36-28(16-33)43-27/h1-9,12-13,17,21,38-39H,10-11,14-15,18-19,35H2,(H2,34,37)(H,36,40,43)/b26-17-. The second kappa shape index (κ2) is 13.3. The van der Waals surface area contributed by atoms with Crippen LogP contribution in [-0.2, 0) is 6.54 Å². The molecule has 1 aliphatic heterocycles. The van der Waals surface area contributed by atoms with E-state index in [0.717, 1.165) is 38.2 Å². The molecule has 0 aliphatic carbocycles. The van der Waals surface area contributed by atoms with E-state index >= 15 is 0 Å². The van der Waals surface area contributed by atoms with Gasteiger partial charge in [0.25, 0.3) is 0 Å². The second-order valence-electron chi connectivity index (χ2n) is 10.5. The molecule has 5 heterocycles. The zero-order valence-electron chi connectivity index (χ0n) is 24.4. The van der Waals surface area contributed by atoms with E-state index in [0.29, 0.717) is 45.6 Å². The zero-order valence-corrected chi connectivity index (χ0v) is 24.4. The molecule has 1 aliphatic rings. The van der Waals surface area contributed by atoms with E-state index < -0.39 is 6.80 Å². The Morgan fingerprint density at radius 2 is 1.84 bits per heavy atom. The number of nitriles is 1. The Morgan fingerprint density at radius 3 is 2.58 bits per heavy atom. The van der Waals surface area contributed by atoms with Gasteiger partial charge in [0.15, 0.2) is 18.3 Å². The molecule has 13 nitrogen and oxygen atoms in total. The monoisotopic (exact) mass is 605 g/mol. The van der Waals surface area contributed by atoms with Gasteiger partial charge in [-0.3, -0.25) is 15.3 Å². The number of nitrogens with one attached hydrogen (secondary N) is 3. The quantitative estimate of drug-likeness (QED) is 0.0892. The molecule has 14 heteroatoms. The van der Waals surface area contributed by atoms with Crippen LogP contribution in [0.2, 0.25) is 0 Å². The highest BCUT2D eigenvalue weighted by Crippen LogP contribution is 2.31. The molecule has 1 saturated heterocycles. The Balaban J connectivity index is 1.24. The number of alkyl halides is 1. The van der Waals surface area contributed by atoms with Crippen molar-refractivity contribution in [2.75, 3.05) is 30.9 Å². The first kappa shape index (κ1) is 29.4. The molecule has 228 valence electrons. The Labute approximate surface area is 258 Å². The van der Waals surface area contributed by atoms with Gasteiger partial charge >= 0.3 is 0 Å². The van der Waals surface area contributed by atoms with E-state index in [1.165, 1.54) is 11.8 Å². The highest BCUT2D eigenvalue weighted by molar-refractivity contribution is 5.84. The number of nitrogen functional groups attached to an aromatic ring is 1. The lowest BCUT2D eigenvalue weighted by Gasteiger charge is -2.32. The fourth-order valence-electron chi connectivity index (χ4n) is 5.46. The minimum absolute atomic E-state index is 0.163. The minimum Gasteiger partial charge on any atom is -0.383 e. The summed E-state index contributed by atoms with van der Waals surface area (Å²) < 4.78 is 15.1. The summed E-state index contributed by atoms with van der Waals surface area (Å²) in [5, 5.41) is 15.1. The molecule has 0 unspecified atom stereocenters. The van der Waals surface area contributed by atoms with Crippen LogP contribution in [0.25, 0.3) is 33.9 Å². The third kappa shape index (κ3) is 6.49. The van der Waals surface area contributed by atoms with Gasteiger partial charge in [-0.2, -0.15) is 5.26 Å². The molecule has 0 saturated carbocycles. The van der Waals surface area contributed by atoms with Crippen molar-refractivity contribution in [2.24, 2.45) is 5.84 Å². The Kier molecular flexibility index (Phi) is 8.72. The average Bonchev–Trinajstić information content (AvgIpc) is 3.45. The number of rotatable bonds is 10. The minimum atomic E-state index is -0.787. The molecule has 45 heavy (non-hydrogen) atoms. The lowest BCUT2D eigenvalue weighted by atomic mass is 10.0. The maximum atomic E-state index is 13.2. The number of likely N-dealkylation sites (tertiary alicyclic amines) is 1. The number of imidazole rings is 1. The number of halogens is 1. The van der Waals surface area contributed by atoms with Crippen molar-refractivity contribution in [1.82, 2.24) is 45.1 Å². The summed E-state index contributed by atoms with van der Waals surface area (Å²) in [5.74, 6) is 7.26. The predicted molar refractivity (Wildman–Crippen MR) is 170 cm³/mol. The molecule has 1 fully saturated rings. The van der Waals surface area contributed by atoms with Gasteiger partial charge in [-0.15, -0.1) is 0 Å². The fourth-order valence-corrected chi connectivity index (χ4v) is 5.46. The van der Waals surface area contributed by atoms with Crippen LogP contribution in [0.5, 0.6) is 0 Å². The van der Waals surface area contributed by atoms with Gasteiger partial charge in [0.05, 0.1) is 17.0 Å². The maximum absolute atomic E-state index is 13.2. The number of benzene rings is 1. The van der Waals surface area contributed by atoms with Crippen molar-refractivity contribution in [2.45, 2.75) is 25.4 Å². The van der Waals surface area contributed by atoms with Gasteiger partial charge in [0, 0.05) is 50.0 Å². The number of hydrogen-bond donors (Lipinski definition) is 5. The van der Waals surface area contributed by atoms with Gasteiger partial charge in [-0.05, 0) is 60.9 Å². The van der Waals surface area contributed by atoms with Crippen LogP contribution in [0.3, 0.4) is 0 Å².